The molecule has 0 atom stereocenters. The molecule has 0 aliphatic rings. The van der Waals surface area contributed by atoms with Crippen molar-refractivity contribution in [1.82, 2.24) is 0 Å². The lowest BCUT2D eigenvalue weighted by Crippen LogP contribution is -2.16. The molecular weight excluding hydrogens is 520 g/mol. The van der Waals surface area contributed by atoms with Crippen LogP contribution < -0.4 is 19.2 Å². The maximum atomic E-state index is 12.7. The zero-order chi connectivity index (χ0) is 27.0. The standard InChI is InChI=1S/C30H18O8S/c31-25-17-27(19-7-3-1-4-8-19)35-29-15-21(11-13-23(25)29)37-39(33,34)38-22-12-14-24-26(32)18-28(36-30(24)16-22)20-9-5-2-6-10-20/h1-18H. The molecule has 0 N–H and O–H groups in total. The quantitative estimate of drug-likeness (QED) is 0.256. The first-order chi connectivity index (χ1) is 18.8. The summed E-state index contributed by atoms with van der Waals surface area (Å²) in [5.41, 5.74) is 1.11. The fourth-order valence-corrected chi connectivity index (χ4v) is 4.83. The highest BCUT2D eigenvalue weighted by Crippen LogP contribution is 2.28. The second-order valence-corrected chi connectivity index (χ2v) is 9.72. The van der Waals surface area contributed by atoms with Crippen molar-refractivity contribution < 1.29 is 25.6 Å². The minimum atomic E-state index is -4.61. The molecule has 6 aromatic rings. The summed E-state index contributed by atoms with van der Waals surface area (Å²) in [6, 6.07) is 28.9. The van der Waals surface area contributed by atoms with Crippen LogP contribution in [0, 0.1) is 0 Å². The average molecular weight is 539 g/mol. The van der Waals surface area contributed by atoms with Crippen molar-refractivity contribution in [2.75, 3.05) is 0 Å². The van der Waals surface area contributed by atoms with Gasteiger partial charge in [0.05, 0.1) is 10.8 Å². The minimum Gasteiger partial charge on any atom is -0.456 e. The number of rotatable bonds is 6. The van der Waals surface area contributed by atoms with Gasteiger partial charge in [-0.1, -0.05) is 60.7 Å². The summed E-state index contributed by atoms with van der Waals surface area (Å²) >= 11 is 0. The van der Waals surface area contributed by atoms with E-state index >= 15 is 0 Å². The van der Waals surface area contributed by atoms with Crippen molar-refractivity contribution in [3.8, 4) is 34.1 Å². The molecule has 0 fully saturated rings. The number of hydrogen-bond donors (Lipinski definition) is 0. The van der Waals surface area contributed by atoms with Crippen LogP contribution in [0.15, 0.2) is 128 Å². The van der Waals surface area contributed by atoms with Crippen molar-refractivity contribution in [3.05, 3.63) is 130 Å². The molecule has 6 rings (SSSR count). The predicted molar refractivity (Wildman–Crippen MR) is 146 cm³/mol. The fourth-order valence-electron chi connectivity index (χ4n) is 4.12. The number of hydrogen-bond acceptors (Lipinski definition) is 8. The van der Waals surface area contributed by atoms with Crippen LogP contribution in [-0.2, 0) is 10.4 Å². The van der Waals surface area contributed by atoms with E-state index in [2.05, 4.69) is 0 Å². The summed E-state index contributed by atoms with van der Waals surface area (Å²) in [6.07, 6.45) is 0. The Bertz CT molecular complexity index is 1920. The molecule has 0 saturated heterocycles. The van der Waals surface area contributed by atoms with Crippen molar-refractivity contribution >= 4 is 32.3 Å². The van der Waals surface area contributed by atoms with Crippen LogP contribution in [0.4, 0.5) is 0 Å². The Balaban J connectivity index is 1.29. The van der Waals surface area contributed by atoms with Gasteiger partial charge in [0, 0.05) is 35.4 Å². The van der Waals surface area contributed by atoms with E-state index in [0.717, 1.165) is 0 Å². The topological polar surface area (TPSA) is 113 Å². The van der Waals surface area contributed by atoms with Crippen LogP contribution >= 0.6 is 0 Å². The Kier molecular flexibility index (Phi) is 5.97. The van der Waals surface area contributed by atoms with E-state index in [1.165, 1.54) is 48.5 Å². The molecule has 2 aromatic heterocycles. The van der Waals surface area contributed by atoms with Crippen molar-refractivity contribution in [1.29, 1.82) is 0 Å². The average Bonchev–Trinajstić information content (AvgIpc) is 2.93. The Labute approximate surface area is 221 Å². The number of benzene rings is 4. The van der Waals surface area contributed by atoms with Gasteiger partial charge >= 0.3 is 10.4 Å². The largest absolute Gasteiger partial charge is 0.500 e. The van der Waals surface area contributed by atoms with E-state index in [4.69, 9.17) is 17.2 Å². The van der Waals surface area contributed by atoms with E-state index in [1.807, 2.05) is 36.4 Å². The van der Waals surface area contributed by atoms with Gasteiger partial charge in [-0.25, -0.2) is 0 Å². The second-order valence-electron chi connectivity index (χ2n) is 8.57. The van der Waals surface area contributed by atoms with Gasteiger partial charge in [-0.3, -0.25) is 9.59 Å². The monoisotopic (exact) mass is 538 g/mol. The zero-order valence-corrected chi connectivity index (χ0v) is 20.9. The molecule has 0 aliphatic heterocycles. The Hall–Kier alpha value is -5.15. The van der Waals surface area contributed by atoms with Crippen LogP contribution in [-0.4, -0.2) is 8.42 Å². The summed E-state index contributed by atoms with van der Waals surface area (Å²) in [5.74, 6) is 0.429. The third-order valence-corrected chi connectivity index (χ3v) is 6.71. The van der Waals surface area contributed by atoms with Gasteiger partial charge in [0.1, 0.15) is 34.2 Å². The molecule has 0 unspecified atom stereocenters. The summed E-state index contributed by atoms with van der Waals surface area (Å²) in [4.78, 5) is 25.2. The Morgan fingerprint density at radius 2 is 0.923 bits per heavy atom. The molecule has 0 radical (unpaired) electrons. The molecule has 0 saturated carbocycles. The lowest BCUT2D eigenvalue weighted by atomic mass is 10.1. The van der Waals surface area contributed by atoms with E-state index < -0.39 is 10.4 Å². The third-order valence-electron chi connectivity index (χ3n) is 5.91. The smallest absolute Gasteiger partial charge is 0.456 e. The van der Waals surface area contributed by atoms with Crippen LogP contribution in [0.5, 0.6) is 11.5 Å². The molecule has 192 valence electrons. The third kappa shape index (κ3) is 5.03. The predicted octanol–water partition coefficient (Wildman–Crippen LogP) is 5.94. The molecule has 2 heterocycles. The summed E-state index contributed by atoms with van der Waals surface area (Å²) < 4.78 is 47.4. The molecule has 8 nitrogen and oxygen atoms in total. The van der Waals surface area contributed by atoms with Gasteiger partial charge in [0.25, 0.3) is 0 Å². The van der Waals surface area contributed by atoms with Gasteiger partial charge in [-0.2, -0.15) is 0 Å². The van der Waals surface area contributed by atoms with E-state index in [1.54, 1.807) is 24.3 Å². The zero-order valence-electron chi connectivity index (χ0n) is 20.1. The summed E-state index contributed by atoms with van der Waals surface area (Å²) in [7, 11) is -4.61. The molecule has 4 aromatic carbocycles. The number of fused-ring (bicyclic) bond motifs is 2. The minimum absolute atomic E-state index is 0.116. The van der Waals surface area contributed by atoms with E-state index in [-0.39, 0.29) is 44.3 Å². The first kappa shape index (κ1) is 24.2. The Morgan fingerprint density at radius 3 is 1.33 bits per heavy atom. The molecule has 0 spiro atoms. The van der Waals surface area contributed by atoms with Gasteiger partial charge < -0.3 is 17.2 Å². The van der Waals surface area contributed by atoms with Crippen molar-refractivity contribution in [2.45, 2.75) is 0 Å². The molecule has 0 amide bonds. The molecular formula is C30H18O8S. The highest BCUT2D eigenvalue weighted by Gasteiger charge is 2.19. The maximum Gasteiger partial charge on any atom is 0.500 e. The van der Waals surface area contributed by atoms with Crippen molar-refractivity contribution in [3.63, 3.8) is 0 Å². The second kappa shape index (κ2) is 9.62. The first-order valence-electron chi connectivity index (χ1n) is 11.8. The highest BCUT2D eigenvalue weighted by molar-refractivity contribution is 7.82. The van der Waals surface area contributed by atoms with Crippen molar-refractivity contribution in [2.24, 2.45) is 0 Å². The van der Waals surface area contributed by atoms with Crippen LogP contribution in [0.1, 0.15) is 0 Å². The first-order valence-corrected chi connectivity index (χ1v) is 13.1. The van der Waals surface area contributed by atoms with Crippen LogP contribution in [0.3, 0.4) is 0 Å². The van der Waals surface area contributed by atoms with Gasteiger partial charge in [-0.15, -0.1) is 8.42 Å². The normalized spacial score (nSPS) is 11.5. The highest BCUT2D eigenvalue weighted by atomic mass is 32.3. The summed E-state index contributed by atoms with van der Waals surface area (Å²) in [5, 5.41) is 0.526. The van der Waals surface area contributed by atoms with Gasteiger partial charge in [-0.05, 0) is 24.3 Å². The lowest BCUT2D eigenvalue weighted by molar-refractivity contribution is 0.392. The molecule has 9 heteroatoms. The SMILES string of the molecule is O=c1cc(-c2ccccc2)oc2cc(OS(=O)(=O)Oc3ccc4c(=O)cc(-c5ccccc5)oc4c3)ccc12. The maximum absolute atomic E-state index is 12.7. The van der Waals surface area contributed by atoms with Gasteiger partial charge in [0.2, 0.25) is 0 Å². The van der Waals surface area contributed by atoms with Gasteiger partial charge in [0.15, 0.2) is 10.9 Å². The molecule has 0 bridgehead atoms. The van der Waals surface area contributed by atoms with E-state index in [0.29, 0.717) is 22.6 Å². The molecule has 39 heavy (non-hydrogen) atoms. The van der Waals surface area contributed by atoms with Crippen LogP contribution in [0.25, 0.3) is 44.6 Å². The lowest BCUT2D eigenvalue weighted by Gasteiger charge is -2.10. The van der Waals surface area contributed by atoms with E-state index in [9.17, 15) is 18.0 Å². The Morgan fingerprint density at radius 1 is 0.513 bits per heavy atom. The molecule has 0 aliphatic carbocycles. The fraction of sp³-hybridized carbons (Fsp3) is 0. The summed E-state index contributed by atoms with van der Waals surface area (Å²) in [6.45, 7) is 0. The van der Waals surface area contributed by atoms with Crippen LogP contribution in [0.2, 0.25) is 0 Å².